The van der Waals surface area contributed by atoms with Crippen LogP contribution in [0.15, 0.2) is 69.1 Å². The zero-order chi connectivity index (χ0) is 23.0. The van der Waals surface area contributed by atoms with Gasteiger partial charge in [-0.1, -0.05) is 28.1 Å². The third-order valence-corrected chi connectivity index (χ3v) is 5.32. The van der Waals surface area contributed by atoms with Crippen LogP contribution in [0.2, 0.25) is 0 Å². The van der Waals surface area contributed by atoms with Gasteiger partial charge in [-0.25, -0.2) is 14.5 Å². The number of imide groups is 2. The summed E-state index contributed by atoms with van der Waals surface area (Å²) in [5.74, 6) is -2.13. The lowest BCUT2D eigenvalue weighted by Crippen LogP contribution is -2.54. The van der Waals surface area contributed by atoms with Crippen LogP contribution in [0.5, 0.6) is 0 Å². The summed E-state index contributed by atoms with van der Waals surface area (Å²) in [4.78, 5) is 49.8. The van der Waals surface area contributed by atoms with Gasteiger partial charge in [-0.15, -0.1) is 0 Å². The SMILES string of the molecule is Cc1ccc(C(=O)O)cc1-c1ccc(C=C2C(=O)NC(=O)N(c3cccc(Br)c3)C2=O)o1. The maximum absolute atomic E-state index is 13.0. The molecule has 0 atom stereocenters. The molecule has 8 nitrogen and oxygen atoms in total. The van der Waals surface area contributed by atoms with Gasteiger partial charge in [0.2, 0.25) is 0 Å². The molecule has 160 valence electrons. The Morgan fingerprint density at radius 2 is 1.88 bits per heavy atom. The first-order valence-corrected chi connectivity index (χ1v) is 10.1. The number of anilines is 1. The minimum Gasteiger partial charge on any atom is -0.478 e. The number of carbonyl (C=O) groups excluding carboxylic acids is 3. The van der Waals surface area contributed by atoms with E-state index in [1.807, 2.05) is 0 Å². The van der Waals surface area contributed by atoms with Gasteiger partial charge in [-0.3, -0.25) is 14.9 Å². The number of furan rings is 1. The predicted octanol–water partition coefficient (Wildman–Crippen LogP) is 4.38. The van der Waals surface area contributed by atoms with Crippen LogP contribution in [-0.4, -0.2) is 28.9 Å². The van der Waals surface area contributed by atoms with Crippen LogP contribution in [0.1, 0.15) is 21.7 Å². The van der Waals surface area contributed by atoms with Crippen molar-refractivity contribution in [3.05, 3.63) is 81.5 Å². The van der Waals surface area contributed by atoms with Gasteiger partial charge in [0.1, 0.15) is 17.1 Å². The van der Waals surface area contributed by atoms with Crippen LogP contribution in [0.4, 0.5) is 10.5 Å². The van der Waals surface area contributed by atoms with Crippen molar-refractivity contribution < 1.29 is 28.7 Å². The van der Waals surface area contributed by atoms with E-state index in [4.69, 9.17) is 4.42 Å². The lowest BCUT2D eigenvalue weighted by molar-refractivity contribution is -0.122. The molecule has 3 aromatic rings. The second-order valence-corrected chi connectivity index (χ2v) is 7.89. The van der Waals surface area contributed by atoms with E-state index in [0.717, 1.165) is 10.5 Å². The average Bonchev–Trinajstić information content (AvgIpc) is 3.19. The number of aromatic carboxylic acids is 1. The number of benzene rings is 2. The lowest BCUT2D eigenvalue weighted by Gasteiger charge is -2.26. The summed E-state index contributed by atoms with van der Waals surface area (Å²) < 4.78 is 6.42. The summed E-state index contributed by atoms with van der Waals surface area (Å²) in [7, 11) is 0. The topological polar surface area (TPSA) is 117 Å². The van der Waals surface area contributed by atoms with Crippen molar-refractivity contribution in [1.29, 1.82) is 0 Å². The fourth-order valence-electron chi connectivity index (χ4n) is 3.25. The summed E-state index contributed by atoms with van der Waals surface area (Å²) >= 11 is 3.29. The number of hydrogen-bond acceptors (Lipinski definition) is 5. The molecule has 0 radical (unpaired) electrons. The van der Waals surface area contributed by atoms with E-state index >= 15 is 0 Å². The maximum atomic E-state index is 13.0. The predicted molar refractivity (Wildman–Crippen MR) is 119 cm³/mol. The first-order chi connectivity index (χ1) is 15.2. The van der Waals surface area contributed by atoms with Gasteiger partial charge < -0.3 is 9.52 Å². The zero-order valence-corrected chi connectivity index (χ0v) is 18.2. The quantitative estimate of drug-likeness (QED) is 0.410. The number of rotatable bonds is 4. The molecule has 32 heavy (non-hydrogen) atoms. The van der Waals surface area contributed by atoms with Crippen molar-refractivity contribution in [3.8, 4) is 11.3 Å². The summed E-state index contributed by atoms with van der Waals surface area (Å²) in [5.41, 5.74) is 1.48. The summed E-state index contributed by atoms with van der Waals surface area (Å²) in [6.45, 7) is 1.81. The zero-order valence-electron chi connectivity index (χ0n) is 16.6. The van der Waals surface area contributed by atoms with E-state index in [1.54, 1.807) is 49.4 Å². The number of carbonyl (C=O) groups is 4. The number of nitrogens with zero attached hydrogens (tertiary/aromatic N) is 1. The van der Waals surface area contributed by atoms with Gasteiger partial charge in [0.25, 0.3) is 11.8 Å². The Morgan fingerprint density at radius 3 is 2.59 bits per heavy atom. The minimum atomic E-state index is -1.07. The van der Waals surface area contributed by atoms with E-state index < -0.39 is 23.8 Å². The number of nitrogens with one attached hydrogen (secondary N) is 1. The van der Waals surface area contributed by atoms with E-state index in [0.29, 0.717) is 21.5 Å². The van der Waals surface area contributed by atoms with Gasteiger partial charge >= 0.3 is 12.0 Å². The Labute approximate surface area is 190 Å². The Morgan fingerprint density at radius 1 is 1.09 bits per heavy atom. The molecule has 4 amide bonds. The summed E-state index contributed by atoms with van der Waals surface area (Å²) in [5, 5.41) is 11.4. The third kappa shape index (κ3) is 3.97. The Hall–Kier alpha value is -3.98. The molecule has 0 saturated carbocycles. The average molecular weight is 495 g/mol. The minimum absolute atomic E-state index is 0.104. The van der Waals surface area contributed by atoms with Crippen molar-refractivity contribution in [1.82, 2.24) is 5.32 Å². The first kappa shape index (κ1) is 21.3. The van der Waals surface area contributed by atoms with Crippen LogP contribution in [0, 0.1) is 6.92 Å². The molecule has 1 saturated heterocycles. The highest BCUT2D eigenvalue weighted by molar-refractivity contribution is 9.10. The highest BCUT2D eigenvalue weighted by Gasteiger charge is 2.37. The van der Waals surface area contributed by atoms with Crippen molar-refractivity contribution in [2.45, 2.75) is 6.92 Å². The van der Waals surface area contributed by atoms with Crippen molar-refractivity contribution in [2.24, 2.45) is 0 Å². The van der Waals surface area contributed by atoms with Crippen LogP contribution < -0.4 is 10.2 Å². The second kappa shape index (κ2) is 8.27. The fourth-order valence-corrected chi connectivity index (χ4v) is 3.63. The number of hydrogen-bond donors (Lipinski definition) is 2. The van der Waals surface area contributed by atoms with Crippen LogP contribution in [-0.2, 0) is 9.59 Å². The Bertz CT molecular complexity index is 1320. The van der Waals surface area contributed by atoms with Crippen LogP contribution >= 0.6 is 15.9 Å². The smallest absolute Gasteiger partial charge is 0.335 e. The number of amides is 4. The molecular weight excluding hydrogens is 480 g/mol. The number of urea groups is 1. The first-order valence-electron chi connectivity index (χ1n) is 9.36. The normalized spacial score (nSPS) is 15.2. The van der Waals surface area contributed by atoms with E-state index in [1.165, 1.54) is 18.2 Å². The van der Waals surface area contributed by atoms with Crippen LogP contribution in [0.3, 0.4) is 0 Å². The molecular formula is C23H15BrN2O6. The van der Waals surface area contributed by atoms with E-state index in [9.17, 15) is 24.3 Å². The Balaban J connectivity index is 1.70. The Kier molecular flexibility index (Phi) is 5.50. The summed E-state index contributed by atoms with van der Waals surface area (Å²) in [6, 6.07) is 13.5. The molecule has 1 fully saturated rings. The van der Waals surface area contributed by atoms with Gasteiger partial charge in [0, 0.05) is 10.0 Å². The molecule has 2 N–H and O–H groups in total. The fraction of sp³-hybridized carbons (Fsp3) is 0.0435. The summed E-state index contributed by atoms with van der Waals surface area (Å²) in [6.07, 6.45) is 1.25. The molecule has 9 heteroatoms. The molecule has 2 aromatic carbocycles. The number of halogens is 1. The second-order valence-electron chi connectivity index (χ2n) is 6.97. The largest absolute Gasteiger partial charge is 0.478 e. The third-order valence-electron chi connectivity index (χ3n) is 4.83. The number of barbiturate groups is 1. The molecule has 1 aliphatic rings. The van der Waals surface area contributed by atoms with Gasteiger partial charge in [0.05, 0.1) is 11.3 Å². The molecule has 0 unspecified atom stereocenters. The van der Waals surface area contributed by atoms with Gasteiger partial charge in [-0.05, 0) is 61.0 Å². The number of aryl methyl sites for hydroxylation is 1. The van der Waals surface area contributed by atoms with Crippen molar-refractivity contribution in [3.63, 3.8) is 0 Å². The lowest BCUT2D eigenvalue weighted by atomic mass is 10.0. The molecule has 0 bridgehead atoms. The maximum Gasteiger partial charge on any atom is 0.335 e. The van der Waals surface area contributed by atoms with E-state index in [2.05, 4.69) is 21.2 Å². The molecule has 0 aliphatic carbocycles. The number of carboxylic acids is 1. The van der Waals surface area contributed by atoms with Crippen molar-refractivity contribution in [2.75, 3.05) is 4.90 Å². The van der Waals surface area contributed by atoms with E-state index in [-0.39, 0.29) is 16.9 Å². The highest BCUT2D eigenvalue weighted by atomic mass is 79.9. The molecule has 4 rings (SSSR count). The van der Waals surface area contributed by atoms with Crippen molar-refractivity contribution >= 4 is 51.5 Å². The standard InChI is InChI=1S/C23H15BrN2O6/c1-12-5-6-13(22(29)30)9-17(12)19-8-7-16(32-19)11-18-20(27)25-23(31)26(21(18)28)15-4-2-3-14(24)10-15/h2-11H,1H3,(H,29,30)(H,25,27,31). The molecule has 0 spiro atoms. The monoisotopic (exact) mass is 494 g/mol. The van der Waals surface area contributed by atoms with Gasteiger partial charge in [0.15, 0.2) is 0 Å². The molecule has 1 aromatic heterocycles. The van der Waals surface area contributed by atoms with Crippen LogP contribution in [0.25, 0.3) is 17.4 Å². The highest BCUT2D eigenvalue weighted by Crippen LogP contribution is 2.29. The van der Waals surface area contributed by atoms with Gasteiger partial charge in [-0.2, -0.15) is 0 Å². The molecule has 1 aliphatic heterocycles. The number of carboxylic acid groups (broad SMARTS) is 1. The molecule has 2 heterocycles.